The molecule has 0 aliphatic carbocycles. The fraction of sp³-hybridized carbons (Fsp3) is 0.263. The summed E-state index contributed by atoms with van der Waals surface area (Å²) >= 11 is 6.27. The third-order valence-corrected chi connectivity index (χ3v) is 4.64. The first-order valence-corrected chi connectivity index (χ1v) is 8.96. The second kappa shape index (κ2) is 6.78. The van der Waals surface area contributed by atoms with Gasteiger partial charge in [0.25, 0.3) is 5.89 Å². The summed E-state index contributed by atoms with van der Waals surface area (Å²) in [5, 5.41) is 14.6. The Bertz CT molecular complexity index is 1120. The van der Waals surface area contributed by atoms with Gasteiger partial charge in [0, 0.05) is 17.8 Å². The third-order valence-electron chi connectivity index (χ3n) is 4.37. The van der Waals surface area contributed by atoms with Crippen molar-refractivity contribution < 1.29 is 9.63 Å². The lowest BCUT2D eigenvalue weighted by Gasteiger charge is -2.19. The quantitative estimate of drug-likeness (QED) is 0.634. The molecule has 0 spiro atoms. The first-order valence-electron chi connectivity index (χ1n) is 8.58. The maximum atomic E-state index is 10.5. The number of aromatic nitrogens is 4. The van der Waals surface area contributed by atoms with Crippen molar-refractivity contribution in [2.45, 2.75) is 25.9 Å². The van der Waals surface area contributed by atoms with Crippen LogP contribution < -0.4 is 10.6 Å². The van der Waals surface area contributed by atoms with Crippen LogP contribution in [0.5, 0.6) is 0 Å². The first kappa shape index (κ1) is 18.2. The predicted molar refractivity (Wildman–Crippen MR) is 104 cm³/mol. The number of nitrogens with zero attached hydrogens (tertiary/aromatic N) is 5. The van der Waals surface area contributed by atoms with Crippen molar-refractivity contribution in [3.05, 3.63) is 52.3 Å². The second-order valence-corrected chi connectivity index (χ2v) is 7.02. The standard InChI is InChI=1S/C19H17ClN6O2/c1-11-23-17(28-25-11)19(2,27)7-5-12-3-4-13-6-8-26(15(13)9-12)16-14(20)10-22-18(21)24-16/h3-4,9-10,27H,6,8H2,1-2H3,(H2,21,22,24). The highest BCUT2D eigenvalue weighted by atomic mass is 35.5. The molecule has 3 N–H and O–H groups in total. The highest BCUT2D eigenvalue weighted by Crippen LogP contribution is 2.37. The van der Waals surface area contributed by atoms with Crippen LogP contribution in [0, 0.1) is 18.8 Å². The van der Waals surface area contributed by atoms with Crippen molar-refractivity contribution in [3.63, 3.8) is 0 Å². The molecule has 2 aromatic heterocycles. The van der Waals surface area contributed by atoms with Crippen molar-refractivity contribution in [1.29, 1.82) is 0 Å². The number of hydrogen-bond donors (Lipinski definition) is 2. The summed E-state index contributed by atoms with van der Waals surface area (Å²) in [6.45, 7) is 3.91. The zero-order valence-electron chi connectivity index (χ0n) is 15.3. The van der Waals surface area contributed by atoms with E-state index in [1.807, 2.05) is 23.1 Å². The summed E-state index contributed by atoms with van der Waals surface area (Å²) < 4.78 is 5.03. The van der Waals surface area contributed by atoms with Crippen LogP contribution in [0.2, 0.25) is 5.02 Å². The Labute approximate surface area is 166 Å². The number of anilines is 3. The molecule has 9 heteroatoms. The molecule has 142 valence electrons. The minimum absolute atomic E-state index is 0.0588. The molecule has 1 unspecified atom stereocenters. The monoisotopic (exact) mass is 396 g/mol. The van der Waals surface area contributed by atoms with Crippen molar-refractivity contribution in [3.8, 4) is 11.8 Å². The van der Waals surface area contributed by atoms with Crippen LogP contribution in [-0.4, -0.2) is 31.8 Å². The smallest absolute Gasteiger partial charge is 0.271 e. The summed E-state index contributed by atoms with van der Waals surface area (Å²) in [5.41, 5.74) is 6.99. The van der Waals surface area contributed by atoms with E-state index in [2.05, 4.69) is 31.9 Å². The van der Waals surface area contributed by atoms with Gasteiger partial charge in [0.05, 0.1) is 6.20 Å². The zero-order chi connectivity index (χ0) is 19.9. The highest BCUT2D eigenvalue weighted by molar-refractivity contribution is 6.33. The lowest BCUT2D eigenvalue weighted by atomic mass is 10.1. The lowest BCUT2D eigenvalue weighted by molar-refractivity contribution is 0.0815. The minimum Gasteiger partial charge on any atom is -0.370 e. The molecular formula is C19H17ClN6O2. The third kappa shape index (κ3) is 3.38. The van der Waals surface area contributed by atoms with Crippen molar-refractivity contribution in [2.75, 3.05) is 17.2 Å². The van der Waals surface area contributed by atoms with Crippen LogP contribution in [0.1, 0.15) is 29.8 Å². The molecule has 0 bridgehead atoms. The van der Waals surface area contributed by atoms with Crippen molar-refractivity contribution >= 4 is 29.1 Å². The SMILES string of the molecule is Cc1noc(C(C)(O)C#Cc2ccc3c(c2)N(c2nc(N)ncc2Cl)CC3)n1. The maximum absolute atomic E-state index is 10.5. The Morgan fingerprint density at radius 2 is 2.18 bits per heavy atom. The van der Waals surface area contributed by atoms with Crippen molar-refractivity contribution in [2.24, 2.45) is 0 Å². The molecule has 4 rings (SSSR count). The molecule has 1 aliphatic heterocycles. The molecule has 0 saturated heterocycles. The number of aliphatic hydroxyl groups is 1. The minimum atomic E-state index is -1.55. The Kier molecular flexibility index (Phi) is 4.41. The van der Waals surface area contributed by atoms with E-state index in [4.69, 9.17) is 21.9 Å². The van der Waals surface area contributed by atoms with Gasteiger partial charge in [-0.1, -0.05) is 34.7 Å². The number of rotatable bonds is 2. The molecule has 1 aromatic carbocycles. The van der Waals surface area contributed by atoms with E-state index in [1.165, 1.54) is 13.1 Å². The molecule has 3 heterocycles. The van der Waals surface area contributed by atoms with E-state index in [9.17, 15) is 5.11 Å². The van der Waals surface area contributed by atoms with Crippen LogP contribution >= 0.6 is 11.6 Å². The maximum Gasteiger partial charge on any atom is 0.271 e. The lowest BCUT2D eigenvalue weighted by Crippen LogP contribution is -2.19. The molecule has 28 heavy (non-hydrogen) atoms. The van der Waals surface area contributed by atoms with Gasteiger partial charge in [-0.15, -0.1) is 0 Å². The van der Waals surface area contributed by atoms with Gasteiger partial charge in [0.15, 0.2) is 11.6 Å². The average Bonchev–Trinajstić information content (AvgIpc) is 3.28. The summed E-state index contributed by atoms with van der Waals surface area (Å²) in [6, 6.07) is 5.84. The van der Waals surface area contributed by atoms with Crippen LogP contribution in [0.15, 0.2) is 28.9 Å². The fourth-order valence-electron chi connectivity index (χ4n) is 2.98. The number of nitrogen functional groups attached to an aromatic ring is 1. The summed E-state index contributed by atoms with van der Waals surface area (Å²) in [6.07, 6.45) is 2.34. The molecule has 0 fully saturated rings. The number of hydrogen-bond acceptors (Lipinski definition) is 8. The highest BCUT2D eigenvalue weighted by Gasteiger charge is 2.28. The Balaban J connectivity index is 1.67. The summed E-state index contributed by atoms with van der Waals surface area (Å²) in [4.78, 5) is 14.2. The Hall–Kier alpha value is -3.15. The number of benzene rings is 1. The van der Waals surface area contributed by atoms with Gasteiger partial charge in [-0.3, -0.25) is 0 Å². The molecule has 0 amide bonds. The molecule has 1 atom stereocenters. The van der Waals surface area contributed by atoms with E-state index >= 15 is 0 Å². The molecule has 0 saturated carbocycles. The van der Waals surface area contributed by atoms with Crippen LogP contribution in [0.4, 0.5) is 17.5 Å². The molecule has 0 radical (unpaired) electrons. The summed E-state index contributed by atoms with van der Waals surface area (Å²) in [7, 11) is 0. The van der Waals surface area contributed by atoms with Gasteiger partial charge in [-0.2, -0.15) is 9.97 Å². The van der Waals surface area contributed by atoms with Gasteiger partial charge in [0.1, 0.15) is 5.02 Å². The van der Waals surface area contributed by atoms with E-state index in [-0.39, 0.29) is 11.8 Å². The van der Waals surface area contributed by atoms with Gasteiger partial charge in [-0.25, -0.2) is 4.98 Å². The Morgan fingerprint density at radius 3 is 2.93 bits per heavy atom. The molecule has 1 aliphatic rings. The van der Waals surface area contributed by atoms with Crippen LogP contribution in [0.25, 0.3) is 0 Å². The van der Waals surface area contributed by atoms with E-state index in [0.29, 0.717) is 16.7 Å². The van der Waals surface area contributed by atoms with E-state index in [0.717, 1.165) is 29.8 Å². The summed E-state index contributed by atoms with van der Waals surface area (Å²) in [5.74, 6) is 6.98. The second-order valence-electron chi connectivity index (χ2n) is 6.61. The predicted octanol–water partition coefficient (Wildman–Crippen LogP) is 2.36. The molecule has 3 aromatic rings. The van der Waals surface area contributed by atoms with E-state index < -0.39 is 5.60 Å². The van der Waals surface area contributed by atoms with Gasteiger partial charge < -0.3 is 20.3 Å². The molecular weight excluding hydrogens is 380 g/mol. The van der Waals surface area contributed by atoms with Gasteiger partial charge in [-0.05, 0) is 38.0 Å². The van der Waals surface area contributed by atoms with Crippen LogP contribution in [0.3, 0.4) is 0 Å². The number of halogens is 1. The number of aryl methyl sites for hydroxylation is 1. The largest absolute Gasteiger partial charge is 0.370 e. The topological polar surface area (TPSA) is 114 Å². The van der Waals surface area contributed by atoms with Gasteiger partial charge in [0.2, 0.25) is 11.5 Å². The fourth-order valence-corrected chi connectivity index (χ4v) is 3.17. The first-order chi connectivity index (χ1) is 13.3. The average molecular weight is 397 g/mol. The Morgan fingerprint density at radius 1 is 1.36 bits per heavy atom. The van der Waals surface area contributed by atoms with Crippen molar-refractivity contribution in [1.82, 2.24) is 20.1 Å². The number of nitrogens with two attached hydrogens (primary N) is 1. The molecule has 8 nitrogen and oxygen atoms in total. The normalized spacial score (nSPS) is 14.9. The zero-order valence-corrected chi connectivity index (χ0v) is 16.0. The van der Waals surface area contributed by atoms with Gasteiger partial charge >= 0.3 is 0 Å². The van der Waals surface area contributed by atoms with Crippen LogP contribution in [-0.2, 0) is 12.0 Å². The number of fused-ring (bicyclic) bond motifs is 1. The van der Waals surface area contributed by atoms with E-state index in [1.54, 1.807) is 6.92 Å².